The fourth-order valence-electron chi connectivity index (χ4n) is 5.03. The van der Waals surface area contributed by atoms with Crippen LogP contribution in [-0.4, -0.2) is 83.4 Å². The Hall–Kier alpha value is -4.10. The number of carbonyl (C=O) groups is 1. The number of hydrogen-bond donors (Lipinski definition) is 1. The van der Waals surface area contributed by atoms with Gasteiger partial charge in [0.1, 0.15) is 35.5 Å². The molecule has 38 heavy (non-hydrogen) atoms. The maximum atomic E-state index is 13.4. The molecule has 2 fully saturated rings. The summed E-state index contributed by atoms with van der Waals surface area (Å²) in [6.45, 7) is 2.94. The number of likely N-dealkylation sites (tertiary alicyclic amines) is 2. The lowest BCUT2D eigenvalue weighted by Gasteiger charge is -2.16. The summed E-state index contributed by atoms with van der Waals surface area (Å²) in [7, 11) is 3.19. The molecule has 0 saturated carbocycles. The molecule has 5 rings (SSSR count). The van der Waals surface area contributed by atoms with Gasteiger partial charge >= 0.3 is 0 Å². The predicted molar refractivity (Wildman–Crippen MR) is 143 cm³/mol. The molecule has 10 heteroatoms. The van der Waals surface area contributed by atoms with E-state index in [2.05, 4.69) is 21.8 Å². The molecular weight excluding hydrogens is 487 g/mol. The first-order chi connectivity index (χ1) is 18.4. The van der Waals surface area contributed by atoms with E-state index in [0.29, 0.717) is 66.5 Å². The summed E-state index contributed by atoms with van der Waals surface area (Å²) < 4.78 is 26.1. The first kappa shape index (κ1) is 25.5. The fraction of sp³-hybridized carbons (Fsp3) is 0.393. The number of methoxy groups -OCH3 is 2. The first-order valence-corrected chi connectivity index (χ1v) is 12.6. The maximum absolute atomic E-state index is 13.4. The minimum absolute atomic E-state index is 0.0301. The van der Waals surface area contributed by atoms with E-state index in [-0.39, 0.29) is 11.9 Å². The largest absolute Gasteiger partial charge is 0.497 e. The SMILES string of the molecule is COc1cc(C#Cc2cn([C@H]3CCN(C(=O)C=CCN4CC[C@H](F)C4)C3)c3ncnc(N)c23)cc(OC)c1. The molecule has 2 aliphatic heterocycles. The molecule has 2 aromatic heterocycles. The van der Waals surface area contributed by atoms with E-state index >= 15 is 0 Å². The topological polar surface area (TPSA) is 98.7 Å². The number of carbonyl (C=O) groups excluding carboxylic acids is 1. The Balaban J connectivity index is 1.35. The van der Waals surface area contributed by atoms with Crippen LogP contribution in [0.5, 0.6) is 11.5 Å². The van der Waals surface area contributed by atoms with Crippen molar-refractivity contribution in [2.24, 2.45) is 0 Å². The second kappa shape index (κ2) is 11.1. The molecule has 4 heterocycles. The zero-order valence-electron chi connectivity index (χ0n) is 21.6. The number of alkyl halides is 1. The van der Waals surface area contributed by atoms with Crippen LogP contribution in [0.4, 0.5) is 10.2 Å². The highest BCUT2D eigenvalue weighted by Gasteiger charge is 2.28. The van der Waals surface area contributed by atoms with E-state index in [1.165, 1.54) is 6.33 Å². The van der Waals surface area contributed by atoms with Crippen LogP contribution in [0.15, 0.2) is 42.9 Å². The smallest absolute Gasteiger partial charge is 0.246 e. The van der Waals surface area contributed by atoms with Gasteiger partial charge in [-0.2, -0.15) is 0 Å². The van der Waals surface area contributed by atoms with Gasteiger partial charge in [-0.3, -0.25) is 9.69 Å². The summed E-state index contributed by atoms with van der Waals surface area (Å²) in [5, 5.41) is 0.691. The van der Waals surface area contributed by atoms with Gasteiger partial charge in [0, 0.05) is 56.6 Å². The van der Waals surface area contributed by atoms with E-state index in [9.17, 15) is 9.18 Å². The van der Waals surface area contributed by atoms with Crippen LogP contribution >= 0.6 is 0 Å². The van der Waals surface area contributed by atoms with Crippen molar-refractivity contribution in [3.8, 4) is 23.3 Å². The summed E-state index contributed by atoms with van der Waals surface area (Å²) in [4.78, 5) is 25.3. The molecule has 3 aromatic rings. The minimum Gasteiger partial charge on any atom is -0.497 e. The van der Waals surface area contributed by atoms with Gasteiger partial charge in [-0.1, -0.05) is 17.9 Å². The molecule has 2 aliphatic rings. The molecule has 1 amide bonds. The number of halogens is 1. The number of benzene rings is 1. The van der Waals surface area contributed by atoms with Crippen molar-refractivity contribution in [2.75, 3.05) is 52.7 Å². The summed E-state index contributed by atoms with van der Waals surface area (Å²) in [6, 6.07) is 5.49. The quantitative estimate of drug-likeness (QED) is 0.396. The molecular formula is C28H31FN6O3. The Bertz CT molecular complexity index is 1400. The summed E-state index contributed by atoms with van der Waals surface area (Å²) >= 11 is 0. The molecule has 0 radical (unpaired) electrons. The molecule has 2 N–H and O–H groups in total. The standard InChI is InChI=1S/C28H31FN6O3/c1-37-23-12-19(13-24(14-23)38-2)5-6-20-15-35(28-26(20)27(30)31-18-32-28)22-8-11-34(17-22)25(36)4-3-9-33-10-7-21(29)16-33/h3-4,12-15,18,21-22H,7-11,16-17H2,1-2H3,(H2,30,31,32)/t21-,22-/m0/s1. The van der Waals surface area contributed by atoms with Gasteiger partial charge in [0.05, 0.1) is 31.2 Å². The van der Waals surface area contributed by atoms with Gasteiger partial charge in [-0.05, 0) is 25.0 Å². The van der Waals surface area contributed by atoms with Gasteiger partial charge in [0.25, 0.3) is 0 Å². The third-order valence-corrected chi connectivity index (χ3v) is 7.04. The second-order valence-electron chi connectivity index (χ2n) is 9.53. The highest BCUT2D eigenvalue weighted by Crippen LogP contribution is 2.31. The average molecular weight is 519 g/mol. The molecule has 198 valence electrons. The number of ether oxygens (including phenoxy) is 2. The normalized spacial score (nSPS) is 19.7. The van der Waals surface area contributed by atoms with Crippen molar-refractivity contribution in [1.82, 2.24) is 24.3 Å². The lowest BCUT2D eigenvalue weighted by Crippen LogP contribution is -2.28. The minimum atomic E-state index is -0.763. The molecule has 1 aromatic carbocycles. The lowest BCUT2D eigenvalue weighted by atomic mass is 10.1. The van der Waals surface area contributed by atoms with Gasteiger partial charge in [-0.15, -0.1) is 0 Å². The zero-order valence-corrected chi connectivity index (χ0v) is 21.6. The van der Waals surface area contributed by atoms with Crippen molar-refractivity contribution < 1.29 is 18.7 Å². The molecule has 0 aliphatic carbocycles. The molecule has 2 saturated heterocycles. The van der Waals surface area contributed by atoms with Crippen LogP contribution in [0.3, 0.4) is 0 Å². The van der Waals surface area contributed by atoms with Gasteiger partial charge in [0.2, 0.25) is 5.91 Å². The molecule has 0 bridgehead atoms. The van der Waals surface area contributed by atoms with Gasteiger partial charge < -0.3 is 24.7 Å². The summed E-state index contributed by atoms with van der Waals surface area (Å²) in [5.41, 5.74) is 8.38. The molecule has 2 atom stereocenters. The van der Waals surface area contributed by atoms with Crippen LogP contribution in [0.1, 0.15) is 30.0 Å². The number of nitrogens with two attached hydrogens (primary N) is 1. The highest BCUT2D eigenvalue weighted by atomic mass is 19.1. The third kappa shape index (κ3) is 5.43. The second-order valence-corrected chi connectivity index (χ2v) is 9.53. The monoisotopic (exact) mass is 518 g/mol. The Morgan fingerprint density at radius 3 is 2.63 bits per heavy atom. The number of anilines is 1. The number of aromatic nitrogens is 3. The third-order valence-electron chi connectivity index (χ3n) is 7.04. The van der Waals surface area contributed by atoms with Crippen LogP contribution in [0.25, 0.3) is 11.0 Å². The van der Waals surface area contributed by atoms with Crippen molar-refractivity contribution in [1.29, 1.82) is 0 Å². The van der Waals surface area contributed by atoms with Gasteiger partial charge in [0.15, 0.2) is 0 Å². The van der Waals surface area contributed by atoms with E-state index < -0.39 is 6.17 Å². The maximum Gasteiger partial charge on any atom is 0.246 e. The molecule has 0 spiro atoms. The fourth-order valence-corrected chi connectivity index (χ4v) is 5.03. The van der Waals surface area contributed by atoms with Crippen LogP contribution in [0.2, 0.25) is 0 Å². The predicted octanol–water partition coefficient (Wildman–Crippen LogP) is 2.80. The summed E-state index contributed by atoms with van der Waals surface area (Å²) in [6.07, 6.45) is 7.39. The van der Waals surface area contributed by atoms with Crippen molar-refractivity contribution in [3.05, 3.63) is 54.0 Å². The Morgan fingerprint density at radius 2 is 1.92 bits per heavy atom. The molecule has 0 unspecified atom stereocenters. The first-order valence-electron chi connectivity index (χ1n) is 12.6. The van der Waals surface area contributed by atoms with E-state index in [4.69, 9.17) is 15.2 Å². The summed E-state index contributed by atoms with van der Waals surface area (Å²) in [5.74, 6) is 8.00. The highest BCUT2D eigenvalue weighted by molar-refractivity contribution is 5.92. The van der Waals surface area contributed by atoms with Crippen LogP contribution < -0.4 is 15.2 Å². The van der Waals surface area contributed by atoms with Crippen molar-refractivity contribution >= 4 is 22.8 Å². The van der Waals surface area contributed by atoms with Crippen molar-refractivity contribution in [2.45, 2.75) is 25.1 Å². The zero-order chi connectivity index (χ0) is 26.6. The van der Waals surface area contributed by atoms with Crippen molar-refractivity contribution in [3.63, 3.8) is 0 Å². The van der Waals surface area contributed by atoms with Gasteiger partial charge in [-0.25, -0.2) is 14.4 Å². The van der Waals surface area contributed by atoms with Crippen LogP contribution in [0, 0.1) is 11.8 Å². The van der Waals surface area contributed by atoms with E-state index in [1.54, 1.807) is 26.4 Å². The number of nitrogens with zero attached hydrogens (tertiary/aromatic N) is 5. The van der Waals surface area contributed by atoms with E-state index in [1.807, 2.05) is 38.8 Å². The number of fused-ring (bicyclic) bond motifs is 1. The number of nitrogen functional groups attached to an aromatic ring is 1. The number of amides is 1. The Kier molecular flexibility index (Phi) is 7.47. The van der Waals surface area contributed by atoms with Crippen LogP contribution in [-0.2, 0) is 4.79 Å². The number of hydrogen-bond acceptors (Lipinski definition) is 7. The molecule has 9 nitrogen and oxygen atoms in total. The Morgan fingerprint density at radius 1 is 1.13 bits per heavy atom. The van der Waals surface area contributed by atoms with E-state index in [0.717, 1.165) is 18.5 Å². The number of rotatable bonds is 6. The average Bonchev–Trinajstić information content (AvgIpc) is 3.66. The Labute approximate surface area is 221 Å². The lowest BCUT2D eigenvalue weighted by molar-refractivity contribution is -0.125.